The Morgan fingerprint density at radius 1 is 1.20 bits per heavy atom. The van der Waals surface area contributed by atoms with E-state index < -0.39 is 0 Å². The van der Waals surface area contributed by atoms with E-state index in [2.05, 4.69) is 31.1 Å². The molecule has 1 aromatic heterocycles. The highest BCUT2D eigenvalue weighted by Gasteiger charge is 2.10. The highest BCUT2D eigenvalue weighted by atomic mass is 15.3. The molecule has 0 atom stereocenters. The minimum absolute atomic E-state index is 0.712. The van der Waals surface area contributed by atoms with Crippen molar-refractivity contribution in [3.05, 3.63) is 35.5 Å². The van der Waals surface area contributed by atoms with Crippen molar-refractivity contribution >= 4 is 5.82 Å². The average Bonchev–Trinajstić information content (AvgIpc) is 2.53. The van der Waals surface area contributed by atoms with Crippen LogP contribution in [0.5, 0.6) is 0 Å². The predicted octanol–water partition coefficient (Wildman–Crippen LogP) is 2.29. The zero-order chi connectivity index (χ0) is 11.0. The van der Waals surface area contributed by atoms with Crippen LogP contribution in [0, 0.1) is 13.8 Å². The topological polar surface area (TPSA) is 43.8 Å². The van der Waals surface area contributed by atoms with Crippen molar-refractivity contribution < 1.29 is 0 Å². The van der Waals surface area contributed by atoms with Gasteiger partial charge >= 0.3 is 0 Å². The lowest BCUT2D eigenvalue weighted by atomic mass is 9.99. The first kappa shape index (κ1) is 9.77. The lowest BCUT2D eigenvalue weighted by Crippen LogP contribution is -1.98. The molecule has 0 saturated heterocycles. The van der Waals surface area contributed by atoms with Crippen molar-refractivity contribution in [2.75, 3.05) is 5.73 Å². The summed E-state index contributed by atoms with van der Waals surface area (Å²) in [5.41, 5.74) is 10.7. The van der Waals surface area contributed by atoms with E-state index in [4.69, 9.17) is 5.73 Å². The Hall–Kier alpha value is -1.77. The molecule has 0 aliphatic heterocycles. The monoisotopic (exact) mass is 201 g/mol. The molecule has 0 fully saturated rings. The van der Waals surface area contributed by atoms with E-state index in [1.807, 2.05) is 19.3 Å². The van der Waals surface area contributed by atoms with Crippen molar-refractivity contribution in [2.45, 2.75) is 13.8 Å². The maximum Gasteiger partial charge on any atom is 0.129 e. The second-order valence-corrected chi connectivity index (χ2v) is 3.81. The molecule has 0 aliphatic carbocycles. The van der Waals surface area contributed by atoms with Crippen LogP contribution in [-0.4, -0.2) is 9.78 Å². The molecule has 2 rings (SSSR count). The zero-order valence-electron chi connectivity index (χ0n) is 9.28. The fourth-order valence-corrected chi connectivity index (χ4v) is 1.70. The molecule has 0 spiro atoms. The van der Waals surface area contributed by atoms with E-state index in [0.717, 1.165) is 5.56 Å². The Morgan fingerprint density at radius 3 is 2.53 bits per heavy atom. The molecule has 1 heterocycles. The van der Waals surface area contributed by atoms with Gasteiger partial charge in [-0.1, -0.05) is 18.2 Å². The van der Waals surface area contributed by atoms with Crippen LogP contribution in [-0.2, 0) is 7.05 Å². The third-order valence-corrected chi connectivity index (χ3v) is 2.88. The summed E-state index contributed by atoms with van der Waals surface area (Å²) < 4.78 is 1.69. The molecule has 0 bridgehead atoms. The van der Waals surface area contributed by atoms with Crippen molar-refractivity contribution in [2.24, 2.45) is 7.05 Å². The van der Waals surface area contributed by atoms with E-state index in [1.54, 1.807) is 4.68 Å². The van der Waals surface area contributed by atoms with Crippen LogP contribution in [0.15, 0.2) is 24.4 Å². The van der Waals surface area contributed by atoms with Gasteiger partial charge in [0, 0.05) is 12.6 Å². The predicted molar refractivity (Wildman–Crippen MR) is 62.5 cm³/mol. The highest BCUT2D eigenvalue weighted by Crippen LogP contribution is 2.29. The van der Waals surface area contributed by atoms with Gasteiger partial charge < -0.3 is 5.73 Å². The Bertz CT molecular complexity index is 498. The summed E-state index contributed by atoms with van der Waals surface area (Å²) >= 11 is 0. The van der Waals surface area contributed by atoms with E-state index >= 15 is 0 Å². The van der Waals surface area contributed by atoms with Crippen molar-refractivity contribution in [3.63, 3.8) is 0 Å². The van der Waals surface area contributed by atoms with Crippen LogP contribution in [0.4, 0.5) is 5.82 Å². The van der Waals surface area contributed by atoms with E-state index in [1.165, 1.54) is 16.7 Å². The van der Waals surface area contributed by atoms with Gasteiger partial charge in [0.05, 0.1) is 6.20 Å². The van der Waals surface area contributed by atoms with Crippen molar-refractivity contribution in [1.82, 2.24) is 9.78 Å². The maximum absolute atomic E-state index is 5.95. The molecule has 78 valence electrons. The molecular weight excluding hydrogens is 186 g/mol. The normalized spacial score (nSPS) is 10.6. The number of rotatable bonds is 1. The third kappa shape index (κ3) is 1.50. The number of nitrogens with two attached hydrogens (primary N) is 1. The maximum atomic E-state index is 5.95. The first-order valence-electron chi connectivity index (χ1n) is 4.95. The van der Waals surface area contributed by atoms with Gasteiger partial charge in [0.2, 0.25) is 0 Å². The number of anilines is 1. The third-order valence-electron chi connectivity index (χ3n) is 2.88. The molecule has 3 nitrogen and oxygen atoms in total. The van der Waals surface area contributed by atoms with Crippen LogP contribution < -0.4 is 5.73 Å². The minimum atomic E-state index is 0.712. The fraction of sp³-hybridized carbons (Fsp3) is 0.250. The standard InChI is InChI=1S/C12H15N3/c1-8-5-4-6-10(9(8)2)11-7-14-15(3)12(11)13/h4-7H,13H2,1-3H3. The number of hydrogen-bond donors (Lipinski definition) is 1. The number of benzene rings is 1. The summed E-state index contributed by atoms with van der Waals surface area (Å²) in [5, 5.41) is 4.15. The average molecular weight is 201 g/mol. The van der Waals surface area contributed by atoms with Crippen LogP contribution in [0.25, 0.3) is 11.1 Å². The molecule has 0 unspecified atom stereocenters. The Balaban J connectivity index is 2.64. The van der Waals surface area contributed by atoms with Crippen molar-refractivity contribution in [1.29, 1.82) is 0 Å². The molecule has 15 heavy (non-hydrogen) atoms. The summed E-state index contributed by atoms with van der Waals surface area (Å²) in [5.74, 6) is 0.712. The van der Waals surface area contributed by atoms with Gasteiger partial charge in [0.15, 0.2) is 0 Å². The fourth-order valence-electron chi connectivity index (χ4n) is 1.70. The van der Waals surface area contributed by atoms with Crippen molar-refractivity contribution in [3.8, 4) is 11.1 Å². The Labute approximate surface area is 89.5 Å². The smallest absolute Gasteiger partial charge is 0.129 e. The summed E-state index contributed by atoms with van der Waals surface area (Å²) in [6.07, 6.45) is 1.82. The molecule has 0 radical (unpaired) electrons. The zero-order valence-corrected chi connectivity index (χ0v) is 9.28. The Morgan fingerprint density at radius 2 is 1.93 bits per heavy atom. The van der Waals surface area contributed by atoms with E-state index in [9.17, 15) is 0 Å². The lowest BCUT2D eigenvalue weighted by molar-refractivity contribution is 0.779. The number of hydrogen-bond acceptors (Lipinski definition) is 2. The molecule has 0 aliphatic rings. The quantitative estimate of drug-likeness (QED) is 0.769. The van der Waals surface area contributed by atoms with Crippen LogP contribution >= 0.6 is 0 Å². The van der Waals surface area contributed by atoms with Gasteiger partial charge in [-0.15, -0.1) is 0 Å². The lowest BCUT2D eigenvalue weighted by Gasteiger charge is -2.07. The van der Waals surface area contributed by atoms with Gasteiger partial charge in [-0.3, -0.25) is 4.68 Å². The molecule has 0 amide bonds. The second-order valence-electron chi connectivity index (χ2n) is 3.81. The molecule has 2 N–H and O–H groups in total. The summed E-state index contributed by atoms with van der Waals surface area (Å²) in [4.78, 5) is 0. The SMILES string of the molecule is Cc1cccc(-c2cnn(C)c2N)c1C. The summed E-state index contributed by atoms with van der Waals surface area (Å²) in [6, 6.07) is 6.23. The van der Waals surface area contributed by atoms with Gasteiger partial charge in [0.1, 0.15) is 5.82 Å². The number of nitrogens with zero attached hydrogens (tertiary/aromatic N) is 2. The van der Waals surface area contributed by atoms with Gasteiger partial charge in [0.25, 0.3) is 0 Å². The van der Waals surface area contributed by atoms with Gasteiger partial charge in [-0.2, -0.15) is 5.10 Å². The summed E-state index contributed by atoms with van der Waals surface area (Å²) in [6.45, 7) is 4.21. The molecule has 2 aromatic rings. The molecule has 1 aromatic carbocycles. The Kier molecular flexibility index (Phi) is 2.23. The minimum Gasteiger partial charge on any atom is -0.383 e. The first-order chi connectivity index (χ1) is 7.11. The number of aromatic nitrogens is 2. The van der Waals surface area contributed by atoms with Crippen LogP contribution in [0.3, 0.4) is 0 Å². The highest BCUT2D eigenvalue weighted by molar-refractivity contribution is 5.76. The van der Waals surface area contributed by atoms with Gasteiger partial charge in [-0.05, 0) is 30.5 Å². The molecule has 0 saturated carbocycles. The van der Waals surface area contributed by atoms with Crippen LogP contribution in [0.1, 0.15) is 11.1 Å². The summed E-state index contributed by atoms with van der Waals surface area (Å²) in [7, 11) is 1.85. The molecular formula is C12H15N3. The largest absolute Gasteiger partial charge is 0.383 e. The second kappa shape index (κ2) is 3.42. The number of aryl methyl sites for hydroxylation is 2. The van der Waals surface area contributed by atoms with Gasteiger partial charge in [-0.25, -0.2) is 0 Å². The van der Waals surface area contributed by atoms with E-state index in [0.29, 0.717) is 5.82 Å². The first-order valence-corrected chi connectivity index (χ1v) is 4.95. The number of nitrogen functional groups attached to an aromatic ring is 1. The van der Waals surface area contributed by atoms with Crippen LogP contribution in [0.2, 0.25) is 0 Å². The molecule has 3 heteroatoms. The van der Waals surface area contributed by atoms with E-state index in [-0.39, 0.29) is 0 Å².